The average Bonchev–Trinajstić information content (AvgIpc) is 3.50. The van der Waals surface area contributed by atoms with Gasteiger partial charge >= 0.3 is 0 Å². The molecule has 1 atom stereocenters. The molecular weight excluding hydrogens is 392 g/mol. The lowest BCUT2D eigenvalue weighted by Crippen LogP contribution is -2.25. The number of hydrogen-bond donors (Lipinski definition) is 1. The molecule has 0 spiro atoms. The van der Waals surface area contributed by atoms with Gasteiger partial charge in [-0.1, -0.05) is 18.1 Å². The quantitative estimate of drug-likeness (QED) is 0.501. The summed E-state index contributed by atoms with van der Waals surface area (Å²) in [5.41, 5.74) is 1.59. The average molecular weight is 414 g/mol. The van der Waals surface area contributed by atoms with Crippen LogP contribution in [0.4, 0.5) is 17.6 Å². The van der Waals surface area contributed by atoms with Crippen molar-refractivity contribution in [3.8, 4) is 11.5 Å². The van der Waals surface area contributed by atoms with Gasteiger partial charge in [0.15, 0.2) is 17.3 Å². The molecule has 1 saturated heterocycles. The van der Waals surface area contributed by atoms with Gasteiger partial charge in [-0.15, -0.1) is 0 Å². The first-order valence-electron chi connectivity index (χ1n) is 10.4. The van der Waals surface area contributed by atoms with Gasteiger partial charge in [-0.3, -0.25) is 0 Å². The van der Waals surface area contributed by atoms with Crippen LogP contribution in [0.2, 0.25) is 0 Å². The predicted molar refractivity (Wildman–Crippen MR) is 116 cm³/mol. The fourth-order valence-corrected chi connectivity index (χ4v) is 3.71. The Labute approximate surface area is 179 Å². The second-order valence-corrected chi connectivity index (χ2v) is 7.28. The lowest BCUT2D eigenvalue weighted by Gasteiger charge is -2.23. The molecule has 0 saturated carbocycles. The van der Waals surface area contributed by atoms with Crippen molar-refractivity contribution in [2.45, 2.75) is 32.2 Å². The molecule has 5 heterocycles. The second kappa shape index (κ2) is 8.47. The van der Waals surface area contributed by atoms with E-state index in [9.17, 15) is 0 Å². The standard InChI is InChI=1S/C22H22N8O/c1-2-15-13-20(27-19-8-3-4-9-23-19)28-22(26-15)30-12-5-7-17(30)18-14-16(29-31-18)21-24-10-6-11-25-21/h3-4,6,8-11,13-14,17H,2,5,7,12H2,1H3,(H,23,26,27,28). The minimum Gasteiger partial charge on any atom is -0.358 e. The van der Waals surface area contributed by atoms with Gasteiger partial charge in [0, 0.05) is 43.0 Å². The maximum Gasteiger partial charge on any atom is 0.228 e. The zero-order valence-electron chi connectivity index (χ0n) is 17.1. The van der Waals surface area contributed by atoms with Crippen molar-refractivity contribution < 1.29 is 4.52 Å². The Morgan fingerprint density at radius 2 is 1.90 bits per heavy atom. The Hall–Kier alpha value is -3.88. The van der Waals surface area contributed by atoms with E-state index >= 15 is 0 Å². The number of hydrogen-bond acceptors (Lipinski definition) is 9. The lowest BCUT2D eigenvalue weighted by atomic mass is 10.1. The van der Waals surface area contributed by atoms with E-state index in [1.165, 1.54) is 0 Å². The summed E-state index contributed by atoms with van der Waals surface area (Å²) >= 11 is 0. The zero-order valence-corrected chi connectivity index (χ0v) is 17.1. The van der Waals surface area contributed by atoms with E-state index in [4.69, 9.17) is 14.5 Å². The van der Waals surface area contributed by atoms with Crippen molar-refractivity contribution in [3.63, 3.8) is 0 Å². The number of nitrogens with zero attached hydrogens (tertiary/aromatic N) is 7. The third-order valence-electron chi connectivity index (χ3n) is 5.21. The van der Waals surface area contributed by atoms with Crippen LogP contribution in [0.1, 0.15) is 37.3 Å². The van der Waals surface area contributed by atoms with E-state index in [1.807, 2.05) is 30.3 Å². The Bertz CT molecular complexity index is 1150. The number of aryl methyl sites for hydroxylation is 1. The molecule has 156 valence electrons. The molecule has 4 aromatic rings. The molecule has 5 rings (SSSR count). The van der Waals surface area contributed by atoms with Crippen LogP contribution in [0.15, 0.2) is 59.5 Å². The summed E-state index contributed by atoms with van der Waals surface area (Å²) in [6, 6.07) is 11.4. The first kappa shape index (κ1) is 19.1. The number of rotatable bonds is 6. The summed E-state index contributed by atoms with van der Waals surface area (Å²) in [5, 5.41) is 7.46. The number of nitrogens with one attached hydrogen (secondary N) is 1. The van der Waals surface area contributed by atoms with Crippen molar-refractivity contribution in [1.82, 2.24) is 30.1 Å². The summed E-state index contributed by atoms with van der Waals surface area (Å²) < 4.78 is 5.68. The molecule has 9 heteroatoms. The molecule has 0 bridgehead atoms. The normalized spacial score (nSPS) is 15.9. The second-order valence-electron chi connectivity index (χ2n) is 7.28. The van der Waals surface area contributed by atoms with Crippen molar-refractivity contribution >= 4 is 17.6 Å². The highest BCUT2D eigenvalue weighted by Crippen LogP contribution is 2.36. The van der Waals surface area contributed by atoms with Gasteiger partial charge in [-0.05, 0) is 37.5 Å². The van der Waals surface area contributed by atoms with E-state index < -0.39 is 0 Å². The Morgan fingerprint density at radius 3 is 2.71 bits per heavy atom. The van der Waals surface area contributed by atoms with Crippen LogP contribution in [0.3, 0.4) is 0 Å². The highest BCUT2D eigenvalue weighted by Gasteiger charge is 2.32. The van der Waals surface area contributed by atoms with Crippen LogP contribution in [0.25, 0.3) is 11.5 Å². The Balaban J connectivity index is 1.44. The summed E-state index contributed by atoms with van der Waals surface area (Å²) in [4.78, 5) is 24.6. The molecule has 0 amide bonds. The van der Waals surface area contributed by atoms with Gasteiger partial charge in [0.25, 0.3) is 0 Å². The minimum absolute atomic E-state index is 0.0137. The molecule has 0 aliphatic carbocycles. The highest BCUT2D eigenvalue weighted by atomic mass is 16.5. The fourth-order valence-electron chi connectivity index (χ4n) is 3.71. The number of pyridine rings is 1. The van der Waals surface area contributed by atoms with Crippen molar-refractivity contribution in [2.75, 3.05) is 16.8 Å². The van der Waals surface area contributed by atoms with Crippen LogP contribution in [-0.2, 0) is 6.42 Å². The molecule has 4 aromatic heterocycles. The first-order chi connectivity index (χ1) is 15.3. The first-order valence-corrected chi connectivity index (χ1v) is 10.4. The molecule has 1 fully saturated rings. The van der Waals surface area contributed by atoms with Crippen LogP contribution in [0, 0.1) is 0 Å². The Morgan fingerprint density at radius 1 is 1.03 bits per heavy atom. The minimum atomic E-state index is 0.0137. The van der Waals surface area contributed by atoms with Crippen LogP contribution >= 0.6 is 0 Å². The molecular formula is C22H22N8O. The fraction of sp³-hybridized carbons (Fsp3) is 0.273. The van der Waals surface area contributed by atoms with Gasteiger partial charge < -0.3 is 14.7 Å². The van der Waals surface area contributed by atoms with Crippen molar-refractivity contribution in [3.05, 3.63) is 66.4 Å². The van der Waals surface area contributed by atoms with Crippen molar-refractivity contribution in [1.29, 1.82) is 0 Å². The molecule has 31 heavy (non-hydrogen) atoms. The highest BCUT2D eigenvalue weighted by molar-refractivity contribution is 5.55. The Kier molecular flexibility index (Phi) is 5.22. The van der Waals surface area contributed by atoms with Gasteiger partial charge in [-0.2, -0.15) is 4.98 Å². The van der Waals surface area contributed by atoms with Gasteiger partial charge in [0.05, 0.1) is 6.04 Å². The zero-order chi connectivity index (χ0) is 21.0. The maximum absolute atomic E-state index is 5.68. The molecule has 0 radical (unpaired) electrons. The van der Waals surface area contributed by atoms with Crippen LogP contribution < -0.4 is 10.2 Å². The smallest absolute Gasteiger partial charge is 0.228 e. The third-order valence-corrected chi connectivity index (χ3v) is 5.21. The van der Waals surface area contributed by atoms with Gasteiger partial charge in [0.2, 0.25) is 5.95 Å². The van der Waals surface area contributed by atoms with Gasteiger partial charge in [-0.25, -0.2) is 19.9 Å². The van der Waals surface area contributed by atoms with Crippen LogP contribution in [0.5, 0.6) is 0 Å². The van der Waals surface area contributed by atoms with E-state index in [1.54, 1.807) is 24.7 Å². The van der Waals surface area contributed by atoms with E-state index in [2.05, 4.69) is 37.2 Å². The monoisotopic (exact) mass is 414 g/mol. The summed E-state index contributed by atoms with van der Waals surface area (Å²) in [6.45, 7) is 2.93. The summed E-state index contributed by atoms with van der Waals surface area (Å²) in [7, 11) is 0. The number of anilines is 3. The van der Waals surface area contributed by atoms with E-state index in [0.29, 0.717) is 17.5 Å². The SMILES string of the molecule is CCc1cc(Nc2ccccn2)nc(N2CCCC2c2cc(-c3ncccn3)no2)n1. The van der Waals surface area contributed by atoms with E-state index in [-0.39, 0.29) is 6.04 Å². The largest absolute Gasteiger partial charge is 0.358 e. The third kappa shape index (κ3) is 4.07. The summed E-state index contributed by atoms with van der Waals surface area (Å²) in [5.74, 6) is 3.46. The molecule has 0 aromatic carbocycles. The van der Waals surface area contributed by atoms with Crippen molar-refractivity contribution in [2.24, 2.45) is 0 Å². The predicted octanol–water partition coefficient (Wildman–Crippen LogP) is 3.96. The molecule has 9 nitrogen and oxygen atoms in total. The lowest BCUT2D eigenvalue weighted by molar-refractivity contribution is 0.362. The van der Waals surface area contributed by atoms with E-state index in [0.717, 1.165) is 48.9 Å². The number of aromatic nitrogens is 6. The molecule has 1 unspecified atom stereocenters. The molecule has 1 aliphatic heterocycles. The molecule has 1 N–H and O–H groups in total. The van der Waals surface area contributed by atoms with Crippen LogP contribution in [-0.4, -0.2) is 36.6 Å². The summed E-state index contributed by atoms with van der Waals surface area (Å²) in [6.07, 6.45) is 7.90. The maximum atomic E-state index is 5.68. The van der Waals surface area contributed by atoms with Gasteiger partial charge in [0.1, 0.15) is 11.6 Å². The topological polar surface area (TPSA) is 106 Å². The molecule has 1 aliphatic rings.